The molecule has 4 aromatic rings. The van der Waals surface area contributed by atoms with Gasteiger partial charge in [0.05, 0.1) is 31.2 Å². The number of hydrogen-bond acceptors (Lipinski definition) is 8. The average molecular weight is 476 g/mol. The van der Waals surface area contributed by atoms with Gasteiger partial charge in [0.15, 0.2) is 11.0 Å². The lowest BCUT2D eigenvalue weighted by molar-refractivity contribution is -0.113. The number of hydrogen-bond donors (Lipinski definition) is 1. The lowest BCUT2D eigenvalue weighted by Crippen LogP contribution is -2.17. The number of esters is 1. The second-order valence-corrected chi connectivity index (χ2v) is 7.90. The van der Waals surface area contributed by atoms with Gasteiger partial charge in [-0.2, -0.15) is 0 Å². The fourth-order valence-electron chi connectivity index (χ4n) is 3.21. The van der Waals surface area contributed by atoms with E-state index in [9.17, 15) is 9.59 Å². The molecule has 0 saturated carbocycles. The van der Waals surface area contributed by atoms with Crippen molar-refractivity contribution < 1.29 is 19.1 Å². The molecule has 0 bridgehead atoms. The molecule has 1 amide bonds. The second kappa shape index (κ2) is 10.6. The predicted molar refractivity (Wildman–Crippen MR) is 128 cm³/mol. The van der Waals surface area contributed by atoms with Gasteiger partial charge >= 0.3 is 5.97 Å². The highest BCUT2D eigenvalue weighted by Crippen LogP contribution is 2.28. The fourth-order valence-corrected chi connectivity index (χ4v) is 3.96. The average Bonchev–Trinajstić information content (AvgIpc) is 3.32. The highest BCUT2D eigenvalue weighted by atomic mass is 32.2. The Morgan fingerprint density at radius 3 is 2.56 bits per heavy atom. The zero-order chi connectivity index (χ0) is 23.9. The molecule has 0 radical (unpaired) electrons. The number of carbonyl (C=O) groups excluding carboxylic acids is 2. The second-order valence-electron chi connectivity index (χ2n) is 6.96. The number of rotatable bonds is 8. The number of ether oxygens (including phenoxy) is 2. The van der Waals surface area contributed by atoms with Crippen LogP contribution in [-0.4, -0.2) is 51.6 Å². The lowest BCUT2D eigenvalue weighted by Gasteiger charge is -2.12. The van der Waals surface area contributed by atoms with E-state index in [-0.39, 0.29) is 17.2 Å². The van der Waals surface area contributed by atoms with Crippen molar-refractivity contribution >= 4 is 29.3 Å². The maximum Gasteiger partial charge on any atom is 0.340 e. The molecule has 0 aliphatic heterocycles. The van der Waals surface area contributed by atoms with Crippen molar-refractivity contribution in [3.05, 3.63) is 78.6 Å². The number of nitrogens with one attached hydrogen (secondary N) is 1. The predicted octanol–water partition coefficient (Wildman–Crippen LogP) is 3.86. The molecular weight excluding hydrogens is 454 g/mol. The van der Waals surface area contributed by atoms with Crippen LogP contribution in [0, 0.1) is 0 Å². The van der Waals surface area contributed by atoms with Crippen LogP contribution in [0.15, 0.2) is 78.2 Å². The number of para-hydroxylation sites is 1. The zero-order valence-corrected chi connectivity index (χ0v) is 19.3. The number of carbonyl (C=O) groups is 2. The quantitative estimate of drug-likeness (QED) is 0.302. The van der Waals surface area contributed by atoms with Crippen LogP contribution in [0.4, 0.5) is 5.69 Å². The van der Waals surface area contributed by atoms with Gasteiger partial charge < -0.3 is 14.8 Å². The van der Waals surface area contributed by atoms with E-state index in [1.807, 2.05) is 47.0 Å². The molecule has 0 atom stereocenters. The first kappa shape index (κ1) is 23.0. The number of anilines is 1. The van der Waals surface area contributed by atoms with Crippen LogP contribution >= 0.6 is 11.8 Å². The van der Waals surface area contributed by atoms with Crippen LogP contribution in [0.2, 0.25) is 0 Å². The van der Waals surface area contributed by atoms with Crippen molar-refractivity contribution in [1.29, 1.82) is 0 Å². The summed E-state index contributed by atoms with van der Waals surface area (Å²) in [5.41, 5.74) is 2.19. The minimum absolute atomic E-state index is 0.0463. The minimum atomic E-state index is -0.577. The number of thioether (sulfide) groups is 1. The third-order valence-corrected chi connectivity index (χ3v) is 5.73. The first-order valence-corrected chi connectivity index (χ1v) is 11.2. The Kier molecular flexibility index (Phi) is 7.19. The molecular formula is C24H21N5O4S. The molecule has 4 rings (SSSR count). The van der Waals surface area contributed by atoms with Crippen molar-refractivity contribution in [1.82, 2.24) is 19.7 Å². The normalized spacial score (nSPS) is 10.5. The van der Waals surface area contributed by atoms with Crippen molar-refractivity contribution in [3.8, 4) is 22.8 Å². The van der Waals surface area contributed by atoms with E-state index >= 15 is 0 Å². The summed E-state index contributed by atoms with van der Waals surface area (Å²) in [7, 11) is 2.77. The summed E-state index contributed by atoms with van der Waals surface area (Å²) < 4.78 is 11.9. The molecule has 9 nitrogen and oxygen atoms in total. The number of nitrogens with zero attached hydrogens (tertiary/aromatic N) is 4. The highest BCUT2D eigenvalue weighted by Gasteiger charge is 2.19. The maximum atomic E-state index is 12.7. The summed E-state index contributed by atoms with van der Waals surface area (Å²) in [6.07, 6.45) is 3.40. The number of methoxy groups -OCH3 is 2. The Morgan fingerprint density at radius 2 is 1.85 bits per heavy atom. The van der Waals surface area contributed by atoms with Crippen molar-refractivity contribution in [2.24, 2.45) is 0 Å². The first-order chi connectivity index (χ1) is 16.6. The Morgan fingerprint density at radius 1 is 1.03 bits per heavy atom. The van der Waals surface area contributed by atoms with Gasteiger partial charge in [-0.3, -0.25) is 14.3 Å². The summed E-state index contributed by atoms with van der Waals surface area (Å²) >= 11 is 1.23. The van der Waals surface area contributed by atoms with Crippen LogP contribution in [0.3, 0.4) is 0 Å². The molecule has 0 unspecified atom stereocenters. The molecule has 0 aliphatic carbocycles. The lowest BCUT2D eigenvalue weighted by atomic mass is 10.1. The number of pyridine rings is 1. The summed E-state index contributed by atoms with van der Waals surface area (Å²) in [6.45, 7) is 0. The van der Waals surface area contributed by atoms with Crippen LogP contribution in [0.5, 0.6) is 5.75 Å². The Labute approximate surface area is 200 Å². The van der Waals surface area contributed by atoms with Gasteiger partial charge in [-0.15, -0.1) is 10.2 Å². The summed E-state index contributed by atoms with van der Waals surface area (Å²) in [4.78, 5) is 29.1. The van der Waals surface area contributed by atoms with Crippen LogP contribution in [0.25, 0.3) is 17.1 Å². The molecule has 2 heterocycles. The standard InChI is InChI=1S/C24H21N5O4S/c1-32-18-10-11-20(19(13-18)23(31)33-2)26-21(30)15-34-24-28-27-22(16-7-6-12-25-14-16)29(24)17-8-4-3-5-9-17/h3-14H,15H2,1-2H3,(H,26,30). The van der Waals surface area contributed by atoms with Gasteiger partial charge in [-0.25, -0.2) is 4.79 Å². The zero-order valence-electron chi connectivity index (χ0n) is 18.5. The van der Waals surface area contributed by atoms with Crippen molar-refractivity contribution in [2.45, 2.75) is 5.16 Å². The van der Waals surface area contributed by atoms with Gasteiger partial charge in [0, 0.05) is 23.6 Å². The van der Waals surface area contributed by atoms with Crippen LogP contribution in [0.1, 0.15) is 10.4 Å². The van der Waals surface area contributed by atoms with Crippen molar-refractivity contribution in [2.75, 3.05) is 25.3 Å². The van der Waals surface area contributed by atoms with E-state index in [1.165, 1.54) is 32.0 Å². The number of aromatic nitrogens is 4. The van der Waals surface area contributed by atoms with Gasteiger partial charge in [-0.05, 0) is 42.5 Å². The molecule has 2 aromatic carbocycles. The Hall–Kier alpha value is -4.18. The maximum absolute atomic E-state index is 12.7. The molecule has 34 heavy (non-hydrogen) atoms. The summed E-state index contributed by atoms with van der Waals surface area (Å²) in [5, 5.41) is 12.0. The minimum Gasteiger partial charge on any atom is -0.497 e. The molecule has 0 spiro atoms. The highest BCUT2D eigenvalue weighted by molar-refractivity contribution is 7.99. The van der Waals surface area contributed by atoms with E-state index in [0.717, 1.165) is 11.3 Å². The molecule has 0 aliphatic rings. The van der Waals surface area contributed by atoms with Gasteiger partial charge in [0.2, 0.25) is 5.91 Å². The van der Waals surface area contributed by atoms with E-state index in [4.69, 9.17) is 9.47 Å². The summed E-state index contributed by atoms with van der Waals surface area (Å²) in [5.74, 6) is 0.250. The Bertz CT molecular complexity index is 1300. The molecule has 2 aromatic heterocycles. The molecule has 172 valence electrons. The van der Waals surface area contributed by atoms with E-state index in [0.29, 0.717) is 22.4 Å². The van der Waals surface area contributed by atoms with E-state index in [1.54, 1.807) is 24.5 Å². The molecule has 0 saturated heterocycles. The number of amides is 1. The molecule has 10 heteroatoms. The topological polar surface area (TPSA) is 108 Å². The van der Waals surface area contributed by atoms with E-state index in [2.05, 4.69) is 20.5 Å². The van der Waals surface area contributed by atoms with Gasteiger partial charge in [0.1, 0.15) is 5.75 Å². The van der Waals surface area contributed by atoms with Crippen molar-refractivity contribution in [3.63, 3.8) is 0 Å². The molecule has 1 N–H and O–H groups in total. The van der Waals surface area contributed by atoms with Gasteiger partial charge in [0.25, 0.3) is 0 Å². The number of benzene rings is 2. The fraction of sp³-hybridized carbons (Fsp3) is 0.125. The smallest absolute Gasteiger partial charge is 0.340 e. The molecule has 0 fully saturated rings. The third-order valence-electron chi connectivity index (χ3n) is 4.81. The first-order valence-electron chi connectivity index (χ1n) is 10.2. The summed E-state index contributed by atoms with van der Waals surface area (Å²) in [6, 6.07) is 18.1. The van der Waals surface area contributed by atoms with E-state index < -0.39 is 5.97 Å². The van der Waals surface area contributed by atoms with Gasteiger partial charge in [-0.1, -0.05) is 30.0 Å². The monoisotopic (exact) mass is 475 g/mol. The third kappa shape index (κ3) is 5.07. The Balaban J connectivity index is 1.56. The van der Waals surface area contributed by atoms with Crippen LogP contribution < -0.4 is 10.1 Å². The largest absolute Gasteiger partial charge is 0.497 e. The van der Waals surface area contributed by atoms with Crippen LogP contribution in [-0.2, 0) is 9.53 Å². The SMILES string of the molecule is COC(=O)c1cc(OC)ccc1NC(=O)CSc1nnc(-c2cccnc2)n1-c1ccccc1.